The minimum Gasteiger partial charge on any atom is -0.332 e. The van der Waals surface area contributed by atoms with Crippen molar-refractivity contribution in [3.05, 3.63) is 58.9 Å². The number of unbranched alkanes of at least 4 members (excludes halogenated alkanes) is 2. The van der Waals surface area contributed by atoms with Crippen molar-refractivity contribution in [1.29, 1.82) is 0 Å². The molecule has 0 unspecified atom stereocenters. The molecule has 2 heterocycles. The summed E-state index contributed by atoms with van der Waals surface area (Å²) in [5.41, 5.74) is 2.58. The lowest BCUT2D eigenvalue weighted by Gasteiger charge is -2.21. The van der Waals surface area contributed by atoms with Crippen molar-refractivity contribution in [2.75, 3.05) is 6.54 Å². The highest BCUT2D eigenvalue weighted by Gasteiger charge is 2.21. The van der Waals surface area contributed by atoms with Gasteiger partial charge in [0.05, 0.1) is 0 Å². The summed E-state index contributed by atoms with van der Waals surface area (Å²) in [6, 6.07) is 8.10. The quantitative estimate of drug-likeness (QED) is 0.596. The number of aryl methyl sites for hydroxylation is 2. The fourth-order valence-corrected chi connectivity index (χ4v) is 3.01. The molecule has 0 aliphatic carbocycles. The Morgan fingerprint density at radius 3 is 2.59 bits per heavy atom. The van der Waals surface area contributed by atoms with Crippen LogP contribution in [0.4, 0.5) is 4.39 Å². The highest BCUT2D eigenvalue weighted by atomic mass is 19.1. The molecule has 0 bridgehead atoms. The van der Waals surface area contributed by atoms with Gasteiger partial charge < -0.3 is 4.90 Å². The van der Waals surface area contributed by atoms with E-state index in [0.717, 1.165) is 36.2 Å². The van der Waals surface area contributed by atoms with E-state index in [4.69, 9.17) is 0 Å². The topological polar surface area (TPSA) is 63.4 Å². The molecule has 0 radical (unpaired) electrons. The van der Waals surface area contributed by atoms with Gasteiger partial charge >= 0.3 is 0 Å². The van der Waals surface area contributed by atoms with E-state index in [1.807, 2.05) is 19.9 Å². The van der Waals surface area contributed by atoms with Crippen LogP contribution in [-0.4, -0.2) is 36.9 Å². The van der Waals surface area contributed by atoms with Gasteiger partial charge in [-0.1, -0.05) is 31.9 Å². The summed E-state index contributed by atoms with van der Waals surface area (Å²) in [4.78, 5) is 23.5. The molecular formula is C20H24FN5O. The number of carbonyl (C=O) groups is 1. The van der Waals surface area contributed by atoms with Crippen LogP contribution in [0.2, 0.25) is 0 Å². The molecule has 0 saturated heterocycles. The molecular weight excluding hydrogens is 345 g/mol. The molecule has 0 aliphatic heterocycles. The Labute approximate surface area is 158 Å². The first-order chi connectivity index (χ1) is 13.0. The van der Waals surface area contributed by atoms with E-state index in [-0.39, 0.29) is 17.5 Å². The van der Waals surface area contributed by atoms with E-state index in [1.165, 1.54) is 12.1 Å². The second kappa shape index (κ2) is 8.24. The third-order valence-corrected chi connectivity index (χ3v) is 4.42. The predicted molar refractivity (Wildman–Crippen MR) is 101 cm³/mol. The minimum atomic E-state index is -0.290. The zero-order valence-electron chi connectivity index (χ0n) is 15.9. The Bertz CT molecular complexity index is 935. The van der Waals surface area contributed by atoms with Gasteiger partial charge in [-0.05, 0) is 44.0 Å². The van der Waals surface area contributed by atoms with Gasteiger partial charge in [0.2, 0.25) is 5.82 Å². The third-order valence-electron chi connectivity index (χ3n) is 4.42. The van der Waals surface area contributed by atoms with Gasteiger partial charge in [-0.3, -0.25) is 4.79 Å². The second-order valence-electron chi connectivity index (χ2n) is 6.75. The Morgan fingerprint density at radius 1 is 1.15 bits per heavy atom. The lowest BCUT2D eigenvalue weighted by molar-refractivity contribution is 0.0728. The van der Waals surface area contributed by atoms with Crippen LogP contribution in [0.25, 0.3) is 5.78 Å². The van der Waals surface area contributed by atoms with Crippen LogP contribution in [0.5, 0.6) is 0 Å². The van der Waals surface area contributed by atoms with E-state index in [2.05, 4.69) is 22.0 Å². The lowest BCUT2D eigenvalue weighted by Crippen LogP contribution is -2.32. The lowest BCUT2D eigenvalue weighted by atomic mass is 10.2. The first kappa shape index (κ1) is 18.9. The summed E-state index contributed by atoms with van der Waals surface area (Å²) in [6.45, 7) is 6.90. The number of hydrogen-bond donors (Lipinski definition) is 0. The molecule has 6 nitrogen and oxygen atoms in total. The van der Waals surface area contributed by atoms with Crippen molar-refractivity contribution in [1.82, 2.24) is 24.5 Å². The molecule has 2 aromatic heterocycles. The maximum Gasteiger partial charge on any atom is 0.293 e. The first-order valence-electron chi connectivity index (χ1n) is 9.22. The Hall–Kier alpha value is -2.83. The zero-order chi connectivity index (χ0) is 19.4. The van der Waals surface area contributed by atoms with Crippen molar-refractivity contribution in [2.24, 2.45) is 0 Å². The average Bonchev–Trinajstić information content (AvgIpc) is 3.06. The standard InChI is InChI=1S/C20H24FN5O/c1-4-5-6-11-25(13-16-7-9-17(21)10-8-16)19(27)18-23-20-22-14(2)12-15(3)26(20)24-18/h7-10,12H,4-6,11,13H2,1-3H3. The summed E-state index contributed by atoms with van der Waals surface area (Å²) in [6.07, 6.45) is 2.99. The van der Waals surface area contributed by atoms with Gasteiger partial charge in [0, 0.05) is 24.5 Å². The van der Waals surface area contributed by atoms with Gasteiger partial charge in [0.1, 0.15) is 5.82 Å². The monoisotopic (exact) mass is 369 g/mol. The minimum absolute atomic E-state index is 0.134. The number of fused-ring (bicyclic) bond motifs is 1. The van der Waals surface area contributed by atoms with Gasteiger partial charge in [-0.15, -0.1) is 5.10 Å². The summed E-state index contributed by atoms with van der Waals surface area (Å²) in [7, 11) is 0. The van der Waals surface area contributed by atoms with Crippen molar-refractivity contribution in [3.63, 3.8) is 0 Å². The molecule has 1 amide bonds. The number of rotatable bonds is 7. The number of hydrogen-bond acceptors (Lipinski definition) is 4. The largest absolute Gasteiger partial charge is 0.332 e. The maximum atomic E-state index is 13.2. The molecule has 0 atom stereocenters. The Kier molecular flexibility index (Phi) is 5.78. The predicted octanol–water partition coefficient (Wildman–Crippen LogP) is 3.71. The summed E-state index contributed by atoms with van der Waals surface area (Å²) < 4.78 is 14.8. The van der Waals surface area contributed by atoms with Crippen molar-refractivity contribution in [3.8, 4) is 0 Å². The third kappa shape index (κ3) is 4.48. The molecule has 142 valence electrons. The number of halogens is 1. The van der Waals surface area contributed by atoms with E-state index in [9.17, 15) is 9.18 Å². The summed E-state index contributed by atoms with van der Waals surface area (Å²) in [5.74, 6) is 0.0282. The maximum absolute atomic E-state index is 13.2. The number of nitrogens with zero attached hydrogens (tertiary/aromatic N) is 5. The van der Waals surface area contributed by atoms with E-state index < -0.39 is 0 Å². The van der Waals surface area contributed by atoms with Gasteiger partial charge in [-0.25, -0.2) is 13.9 Å². The molecule has 1 aromatic carbocycles. The normalized spacial score (nSPS) is 11.1. The second-order valence-corrected chi connectivity index (χ2v) is 6.75. The highest BCUT2D eigenvalue weighted by molar-refractivity contribution is 5.90. The van der Waals surface area contributed by atoms with Gasteiger partial charge in [0.15, 0.2) is 0 Å². The van der Waals surface area contributed by atoms with Gasteiger partial charge in [-0.2, -0.15) is 4.98 Å². The molecule has 3 aromatic rings. The van der Waals surface area contributed by atoms with E-state index in [1.54, 1.807) is 21.5 Å². The SMILES string of the molecule is CCCCCN(Cc1ccc(F)cc1)C(=O)c1nc2nc(C)cc(C)n2n1. The Morgan fingerprint density at radius 2 is 1.89 bits per heavy atom. The molecule has 0 saturated carbocycles. The molecule has 7 heteroatoms. The molecule has 0 spiro atoms. The van der Waals surface area contributed by atoms with Crippen LogP contribution in [0, 0.1) is 19.7 Å². The molecule has 0 fully saturated rings. The number of benzene rings is 1. The zero-order valence-corrected chi connectivity index (χ0v) is 15.9. The number of aromatic nitrogens is 4. The van der Waals surface area contributed by atoms with Crippen LogP contribution in [0.15, 0.2) is 30.3 Å². The van der Waals surface area contributed by atoms with E-state index in [0.29, 0.717) is 18.9 Å². The molecule has 3 rings (SSSR count). The van der Waals surface area contributed by atoms with Crippen molar-refractivity contribution in [2.45, 2.75) is 46.6 Å². The van der Waals surface area contributed by atoms with Crippen molar-refractivity contribution >= 4 is 11.7 Å². The van der Waals surface area contributed by atoms with Crippen LogP contribution in [-0.2, 0) is 6.54 Å². The van der Waals surface area contributed by atoms with Gasteiger partial charge in [0.25, 0.3) is 11.7 Å². The fourth-order valence-electron chi connectivity index (χ4n) is 3.01. The van der Waals surface area contributed by atoms with Crippen LogP contribution < -0.4 is 0 Å². The highest BCUT2D eigenvalue weighted by Crippen LogP contribution is 2.13. The summed E-state index contributed by atoms with van der Waals surface area (Å²) >= 11 is 0. The summed E-state index contributed by atoms with van der Waals surface area (Å²) in [5, 5.41) is 4.35. The Balaban J connectivity index is 1.87. The molecule has 27 heavy (non-hydrogen) atoms. The molecule has 0 N–H and O–H groups in total. The number of amides is 1. The van der Waals surface area contributed by atoms with Crippen LogP contribution >= 0.6 is 0 Å². The van der Waals surface area contributed by atoms with E-state index >= 15 is 0 Å². The smallest absolute Gasteiger partial charge is 0.293 e. The fraction of sp³-hybridized carbons (Fsp3) is 0.400. The van der Waals surface area contributed by atoms with Crippen LogP contribution in [0.3, 0.4) is 0 Å². The van der Waals surface area contributed by atoms with Crippen molar-refractivity contribution < 1.29 is 9.18 Å². The van der Waals surface area contributed by atoms with Crippen LogP contribution in [0.1, 0.15) is 53.8 Å². The average molecular weight is 369 g/mol. The first-order valence-corrected chi connectivity index (χ1v) is 9.22. The number of carbonyl (C=O) groups excluding carboxylic acids is 1. The molecule has 0 aliphatic rings.